The van der Waals surface area contributed by atoms with E-state index in [4.69, 9.17) is 22.7 Å². The summed E-state index contributed by atoms with van der Waals surface area (Å²) in [5.74, 6) is 0.516. The molecule has 0 bridgehead atoms. The number of hydrogen-bond acceptors (Lipinski definition) is 2. The van der Waals surface area contributed by atoms with Crippen LogP contribution in [-0.4, -0.2) is 17.8 Å². The number of halogens is 3. The van der Waals surface area contributed by atoms with Gasteiger partial charge in [-0.25, -0.2) is 0 Å². The molecule has 2 N–H and O–H groups in total. The minimum Gasteiger partial charge on any atom is -0.493 e. The van der Waals surface area contributed by atoms with E-state index in [9.17, 15) is 13.2 Å². The predicted molar refractivity (Wildman–Crippen MR) is 67.9 cm³/mol. The molecule has 0 radical (unpaired) electrons. The van der Waals surface area contributed by atoms with E-state index in [2.05, 4.69) is 0 Å². The van der Waals surface area contributed by atoms with Crippen molar-refractivity contribution in [2.75, 3.05) is 6.61 Å². The Bertz CT molecular complexity index is 432. The molecule has 1 rings (SSSR count). The summed E-state index contributed by atoms with van der Waals surface area (Å²) < 4.78 is 41.1. The van der Waals surface area contributed by atoms with Gasteiger partial charge in [0.05, 0.1) is 6.61 Å². The Balaban J connectivity index is 2.56. The average Bonchev–Trinajstić information content (AvgIpc) is 2.24. The highest BCUT2D eigenvalue weighted by Crippen LogP contribution is 2.23. The zero-order valence-corrected chi connectivity index (χ0v) is 10.7. The summed E-state index contributed by atoms with van der Waals surface area (Å²) in [7, 11) is 0. The fraction of sp³-hybridized carbons (Fsp3) is 0.417. The van der Waals surface area contributed by atoms with Gasteiger partial charge in [-0.2, -0.15) is 13.2 Å². The van der Waals surface area contributed by atoms with Crippen LogP contribution >= 0.6 is 12.2 Å². The van der Waals surface area contributed by atoms with E-state index in [0.717, 1.165) is 5.56 Å². The lowest BCUT2D eigenvalue weighted by molar-refractivity contribution is -0.136. The first-order valence-electron chi connectivity index (χ1n) is 5.39. The van der Waals surface area contributed by atoms with Crippen LogP contribution in [0.1, 0.15) is 24.0 Å². The van der Waals surface area contributed by atoms with E-state index in [1.54, 1.807) is 18.2 Å². The summed E-state index contributed by atoms with van der Waals surface area (Å²) in [5, 5.41) is 0. The summed E-state index contributed by atoms with van der Waals surface area (Å²) in [4.78, 5) is 0.232. The maximum Gasteiger partial charge on any atom is 0.389 e. The monoisotopic (exact) mass is 277 g/mol. The quantitative estimate of drug-likeness (QED) is 0.662. The van der Waals surface area contributed by atoms with Gasteiger partial charge in [0.1, 0.15) is 10.7 Å². The first-order chi connectivity index (χ1) is 8.29. The van der Waals surface area contributed by atoms with Crippen LogP contribution in [0.5, 0.6) is 5.75 Å². The minimum absolute atomic E-state index is 0.0150. The van der Waals surface area contributed by atoms with Crippen molar-refractivity contribution in [3.63, 3.8) is 0 Å². The second-order valence-corrected chi connectivity index (χ2v) is 4.35. The molecule has 1 aromatic carbocycles. The lowest BCUT2D eigenvalue weighted by Gasteiger charge is -2.11. The van der Waals surface area contributed by atoms with Crippen LogP contribution in [0, 0.1) is 6.92 Å². The zero-order chi connectivity index (χ0) is 13.8. The smallest absolute Gasteiger partial charge is 0.389 e. The summed E-state index contributed by atoms with van der Waals surface area (Å²) in [5.41, 5.74) is 6.95. The van der Waals surface area contributed by atoms with Crippen LogP contribution in [-0.2, 0) is 0 Å². The Kier molecular flexibility index (Phi) is 4.95. The Labute approximate surface area is 109 Å². The van der Waals surface area contributed by atoms with Crippen molar-refractivity contribution in [2.24, 2.45) is 5.73 Å². The first kappa shape index (κ1) is 14.8. The molecule has 100 valence electrons. The Morgan fingerprint density at radius 1 is 1.39 bits per heavy atom. The fourth-order valence-corrected chi connectivity index (χ4v) is 1.49. The fourth-order valence-electron chi connectivity index (χ4n) is 1.36. The summed E-state index contributed by atoms with van der Waals surface area (Å²) >= 11 is 4.82. The number of ether oxygens (including phenoxy) is 1. The average molecular weight is 277 g/mol. The molecule has 0 fully saturated rings. The molecule has 0 heterocycles. The molecule has 0 aliphatic heterocycles. The van der Waals surface area contributed by atoms with Crippen molar-refractivity contribution < 1.29 is 17.9 Å². The third-order valence-corrected chi connectivity index (χ3v) is 2.57. The molecule has 0 saturated carbocycles. The van der Waals surface area contributed by atoms with Gasteiger partial charge < -0.3 is 10.5 Å². The molecule has 0 saturated heterocycles. The van der Waals surface area contributed by atoms with Gasteiger partial charge in [0, 0.05) is 12.0 Å². The Morgan fingerprint density at radius 2 is 2.06 bits per heavy atom. The number of hydrogen-bond donors (Lipinski definition) is 1. The topological polar surface area (TPSA) is 35.2 Å². The highest BCUT2D eigenvalue weighted by Gasteiger charge is 2.26. The number of aryl methyl sites for hydroxylation is 1. The van der Waals surface area contributed by atoms with Gasteiger partial charge in [-0.15, -0.1) is 0 Å². The standard InChI is InChI=1S/C12H14F3NOS/c1-8-3-4-9(11(16)18)7-10(8)17-6-2-5-12(13,14)15/h3-4,7H,2,5-6H2,1H3,(H2,16,18). The maximum atomic E-state index is 11.9. The number of thiocarbonyl (C=S) groups is 1. The molecule has 0 spiro atoms. The molecular formula is C12H14F3NOS. The molecular weight excluding hydrogens is 263 g/mol. The second-order valence-electron chi connectivity index (χ2n) is 3.91. The molecule has 0 unspecified atom stereocenters. The molecule has 0 atom stereocenters. The Morgan fingerprint density at radius 3 is 2.61 bits per heavy atom. The third kappa shape index (κ3) is 4.91. The highest BCUT2D eigenvalue weighted by molar-refractivity contribution is 7.80. The van der Waals surface area contributed by atoms with E-state index in [1.807, 2.05) is 6.92 Å². The summed E-state index contributed by atoms with van der Waals surface area (Å²) in [6, 6.07) is 5.17. The van der Waals surface area contributed by atoms with Crippen molar-refractivity contribution in [1.82, 2.24) is 0 Å². The van der Waals surface area contributed by atoms with Gasteiger partial charge in [-0.1, -0.05) is 24.4 Å². The van der Waals surface area contributed by atoms with Crippen LogP contribution in [0.4, 0.5) is 13.2 Å². The van der Waals surface area contributed by atoms with Gasteiger partial charge in [-0.05, 0) is 25.0 Å². The first-order valence-corrected chi connectivity index (χ1v) is 5.80. The van der Waals surface area contributed by atoms with Gasteiger partial charge in [0.15, 0.2) is 0 Å². The van der Waals surface area contributed by atoms with Crippen molar-refractivity contribution in [2.45, 2.75) is 25.9 Å². The van der Waals surface area contributed by atoms with Crippen molar-refractivity contribution in [3.05, 3.63) is 29.3 Å². The van der Waals surface area contributed by atoms with E-state index in [0.29, 0.717) is 11.3 Å². The largest absolute Gasteiger partial charge is 0.493 e. The van der Waals surface area contributed by atoms with E-state index >= 15 is 0 Å². The van der Waals surface area contributed by atoms with Crippen LogP contribution < -0.4 is 10.5 Å². The van der Waals surface area contributed by atoms with Crippen molar-refractivity contribution in [1.29, 1.82) is 0 Å². The lowest BCUT2D eigenvalue weighted by Crippen LogP contribution is -2.11. The third-order valence-electron chi connectivity index (χ3n) is 2.33. The molecule has 0 amide bonds. The minimum atomic E-state index is -4.14. The van der Waals surface area contributed by atoms with E-state index in [-0.39, 0.29) is 18.0 Å². The van der Waals surface area contributed by atoms with E-state index < -0.39 is 12.6 Å². The number of rotatable bonds is 5. The number of nitrogens with two attached hydrogens (primary N) is 1. The van der Waals surface area contributed by atoms with Gasteiger partial charge in [0.25, 0.3) is 0 Å². The maximum absolute atomic E-state index is 11.9. The van der Waals surface area contributed by atoms with Gasteiger partial charge >= 0.3 is 6.18 Å². The van der Waals surface area contributed by atoms with Crippen LogP contribution in [0.15, 0.2) is 18.2 Å². The van der Waals surface area contributed by atoms with Crippen molar-refractivity contribution >= 4 is 17.2 Å². The van der Waals surface area contributed by atoms with Crippen molar-refractivity contribution in [3.8, 4) is 5.75 Å². The summed E-state index contributed by atoms with van der Waals surface area (Å²) in [6.45, 7) is 1.82. The van der Waals surface area contributed by atoms with Crippen LogP contribution in [0.2, 0.25) is 0 Å². The second kappa shape index (κ2) is 6.04. The zero-order valence-electron chi connectivity index (χ0n) is 9.88. The number of alkyl halides is 3. The molecule has 2 nitrogen and oxygen atoms in total. The molecule has 18 heavy (non-hydrogen) atoms. The molecule has 0 aliphatic rings. The Hall–Kier alpha value is -1.30. The van der Waals surface area contributed by atoms with Crippen LogP contribution in [0.25, 0.3) is 0 Å². The molecule has 6 heteroatoms. The normalized spacial score (nSPS) is 11.3. The SMILES string of the molecule is Cc1ccc(C(N)=S)cc1OCCCC(F)(F)F. The summed E-state index contributed by atoms with van der Waals surface area (Å²) in [6.07, 6.45) is -5.06. The van der Waals surface area contributed by atoms with Gasteiger partial charge in [-0.3, -0.25) is 0 Å². The highest BCUT2D eigenvalue weighted by atomic mass is 32.1. The van der Waals surface area contributed by atoms with Crippen LogP contribution in [0.3, 0.4) is 0 Å². The van der Waals surface area contributed by atoms with E-state index in [1.165, 1.54) is 0 Å². The molecule has 0 aromatic heterocycles. The molecule has 1 aromatic rings. The number of benzene rings is 1. The predicted octanol–water partition coefficient (Wildman–Crippen LogP) is 3.35. The van der Waals surface area contributed by atoms with Gasteiger partial charge in [0.2, 0.25) is 0 Å². The molecule has 0 aliphatic carbocycles. The lowest BCUT2D eigenvalue weighted by atomic mass is 10.1.